The van der Waals surface area contributed by atoms with E-state index in [1.54, 1.807) is 6.92 Å². The number of nitrogen functional groups attached to an aromatic ring is 1. The molecule has 1 aromatic carbocycles. The lowest BCUT2D eigenvalue weighted by Crippen LogP contribution is -1.88. The second-order valence-electron chi connectivity index (χ2n) is 3.57. The fraction of sp³-hybridized carbons (Fsp3) is 0.0833. The highest BCUT2D eigenvalue weighted by molar-refractivity contribution is 7.16. The molecule has 0 atom stereocenters. The lowest BCUT2D eigenvalue weighted by molar-refractivity contribution is 0.584. The van der Waals surface area contributed by atoms with Crippen LogP contribution in [0.4, 0.5) is 14.5 Å². The molecule has 5 heteroatoms. The first-order chi connectivity index (χ1) is 8.02. The van der Waals surface area contributed by atoms with Gasteiger partial charge in [0.25, 0.3) is 0 Å². The summed E-state index contributed by atoms with van der Waals surface area (Å²) in [5, 5.41) is 8.84. The molecule has 0 radical (unpaired) electrons. The van der Waals surface area contributed by atoms with Gasteiger partial charge >= 0.3 is 0 Å². The van der Waals surface area contributed by atoms with Crippen LogP contribution in [0.5, 0.6) is 0 Å². The summed E-state index contributed by atoms with van der Waals surface area (Å²) in [6, 6.07) is 5.22. The van der Waals surface area contributed by atoms with Crippen LogP contribution in [0.1, 0.15) is 10.4 Å². The summed E-state index contributed by atoms with van der Waals surface area (Å²) in [6.07, 6.45) is 0. The van der Waals surface area contributed by atoms with Gasteiger partial charge in [-0.25, -0.2) is 8.78 Å². The number of hydrogen-bond acceptors (Lipinski definition) is 3. The number of anilines is 1. The number of nitrogens with two attached hydrogens (primary N) is 1. The Labute approximate surface area is 101 Å². The summed E-state index contributed by atoms with van der Waals surface area (Å²) in [5.74, 6) is -1.30. The number of nitrogens with zero attached hydrogens (tertiary/aromatic N) is 1. The first-order valence-corrected chi connectivity index (χ1v) is 5.60. The highest BCUT2D eigenvalue weighted by Gasteiger charge is 2.14. The zero-order valence-electron chi connectivity index (χ0n) is 8.92. The van der Waals surface area contributed by atoms with Crippen molar-refractivity contribution in [1.82, 2.24) is 0 Å². The van der Waals surface area contributed by atoms with Crippen molar-refractivity contribution in [3.8, 4) is 16.5 Å². The van der Waals surface area contributed by atoms with Crippen molar-refractivity contribution in [2.24, 2.45) is 0 Å². The van der Waals surface area contributed by atoms with Crippen LogP contribution >= 0.6 is 11.3 Å². The van der Waals surface area contributed by atoms with E-state index < -0.39 is 11.6 Å². The smallest absolute Gasteiger partial charge is 0.128 e. The van der Waals surface area contributed by atoms with E-state index in [9.17, 15) is 8.78 Å². The molecule has 1 heterocycles. The molecular formula is C12H8F2N2S. The van der Waals surface area contributed by atoms with E-state index in [0.29, 0.717) is 26.6 Å². The number of rotatable bonds is 1. The van der Waals surface area contributed by atoms with Gasteiger partial charge in [0, 0.05) is 10.9 Å². The fourth-order valence-corrected chi connectivity index (χ4v) is 2.58. The van der Waals surface area contributed by atoms with Crippen LogP contribution in [0.2, 0.25) is 0 Å². The zero-order valence-corrected chi connectivity index (χ0v) is 9.74. The second kappa shape index (κ2) is 4.15. The van der Waals surface area contributed by atoms with Crippen LogP contribution in [0.15, 0.2) is 18.2 Å². The van der Waals surface area contributed by atoms with Gasteiger partial charge in [0.1, 0.15) is 22.6 Å². The molecule has 0 spiro atoms. The Morgan fingerprint density at radius 2 is 1.82 bits per heavy atom. The minimum Gasteiger partial charge on any atom is -0.397 e. The van der Waals surface area contributed by atoms with Gasteiger partial charge in [-0.15, -0.1) is 11.3 Å². The minimum absolute atomic E-state index is 0.363. The molecule has 0 aliphatic rings. The molecule has 0 unspecified atom stereocenters. The van der Waals surface area contributed by atoms with Gasteiger partial charge in [0.15, 0.2) is 0 Å². The molecule has 17 heavy (non-hydrogen) atoms. The second-order valence-corrected chi connectivity index (χ2v) is 4.59. The van der Waals surface area contributed by atoms with Gasteiger partial charge in [-0.1, -0.05) is 0 Å². The maximum absolute atomic E-state index is 13.1. The van der Waals surface area contributed by atoms with Crippen molar-refractivity contribution < 1.29 is 8.78 Å². The van der Waals surface area contributed by atoms with Crippen LogP contribution in [0, 0.1) is 29.9 Å². The van der Waals surface area contributed by atoms with E-state index in [2.05, 4.69) is 0 Å². The third kappa shape index (κ3) is 1.99. The number of nitriles is 1. The van der Waals surface area contributed by atoms with Crippen molar-refractivity contribution >= 4 is 17.0 Å². The molecule has 0 saturated carbocycles. The standard InChI is InChI=1S/C12H8F2N2S/c1-6-11(16)10(5-15)17-12(6)7-2-8(13)4-9(14)3-7/h2-4H,16H2,1H3. The Morgan fingerprint density at radius 1 is 1.24 bits per heavy atom. The van der Waals surface area contributed by atoms with E-state index in [1.165, 1.54) is 12.1 Å². The van der Waals surface area contributed by atoms with E-state index in [4.69, 9.17) is 11.0 Å². The summed E-state index contributed by atoms with van der Waals surface area (Å²) in [6.45, 7) is 1.73. The Balaban J connectivity index is 2.65. The van der Waals surface area contributed by atoms with Crippen LogP contribution < -0.4 is 5.73 Å². The molecule has 0 aliphatic carbocycles. The highest BCUT2D eigenvalue weighted by atomic mass is 32.1. The fourth-order valence-electron chi connectivity index (χ4n) is 1.57. The molecule has 2 rings (SSSR count). The van der Waals surface area contributed by atoms with E-state index in [1.807, 2.05) is 6.07 Å². The van der Waals surface area contributed by atoms with Crippen molar-refractivity contribution in [3.63, 3.8) is 0 Å². The van der Waals surface area contributed by atoms with Crippen LogP contribution in [0.3, 0.4) is 0 Å². The van der Waals surface area contributed by atoms with Gasteiger partial charge in [0.05, 0.1) is 5.69 Å². The predicted octanol–water partition coefficient (Wildman–Crippen LogP) is 3.46. The van der Waals surface area contributed by atoms with Gasteiger partial charge in [-0.05, 0) is 30.2 Å². The summed E-state index contributed by atoms with van der Waals surface area (Å²) in [5.41, 5.74) is 7.18. The third-order valence-corrected chi connectivity index (χ3v) is 3.68. The molecule has 1 aromatic heterocycles. The van der Waals surface area contributed by atoms with Crippen molar-refractivity contribution in [3.05, 3.63) is 40.3 Å². The summed E-state index contributed by atoms with van der Waals surface area (Å²) < 4.78 is 26.2. The highest BCUT2D eigenvalue weighted by Crippen LogP contribution is 2.37. The molecule has 0 fully saturated rings. The summed E-state index contributed by atoms with van der Waals surface area (Å²) in [7, 11) is 0. The Kier molecular flexibility index (Phi) is 2.82. The van der Waals surface area contributed by atoms with E-state index in [-0.39, 0.29) is 0 Å². The first-order valence-electron chi connectivity index (χ1n) is 4.78. The monoisotopic (exact) mass is 250 g/mol. The molecule has 2 aromatic rings. The summed E-state index contributed by atoms with van der Waals surface area (Å²) in [4.78, 5) is 0.986. The normalized spacial score (nSPS) is 10.2. The molecule has 0 bridgehead atoms. The van der Waals surface area contributed by atoms with Crippen molar-refractivity contribution in [1.29, 1.82) is 5.26 Å². The third-order valence-electron chi connectivity index (χ3n) is 2.42. The van der Waals surface area contributed by atoms with Gasteiger partial charge in [-0.3, -0.25) is 0 Å². The zero-order chi connectivity index (χ0) is 12.6. The average molecular weight is 250 g/mol. The maximum Gasteiger partial charge on any atom is 0.128 e. The molecule has 0 aliphatic heterocycles. The number of benzene rings is 1. The Bertz CT molecular complexity index is 606. The van der Waals surface area contributed by atoms with Crippen LogP contribution in [-0.2, 0) is 0 Å². The Hall–Kier alpha value is -1.93. The minimum atomic E-state index is -0.648. The molecule has 2 N–H and O–H groups in total. The average Bonchev–Trinajstić information content (AvgIpc) is 2.54. The molecule has 0 amide bonds. The quantitative estimate of drug-likeness (QED) is 0.842. The number of thiophene rings is 1. The Morgan fingerprint density at radius 3 is 2.29 bits per heavy atom. The summed E-state index contributed by atoms with van der Waals surface area (Å²) >= 11 is 1.14. The SMILES string of the molecule is Cc1c(-c2cc(F)cc(F)c2)sc(C#N)c1N. The molecule has 86 valence electrons. The lowest BCUT2D eigenvalue weighted by Gasteiger charge is -2.01. The van der Waals surface area contributed by atoms with Gasteiger partial charge in [-0.2, -0.15) is 5.26 Å². The largest absolute Gasteiger partial charge is 0.397 e. The number of hydrogen-bond donors (Lipinski definition) is 1. The molecular weight excluding hydrogens is 242 g/mol. The number of halogens is 2. The van der Waals surface area contributed by atoms with Crippen molar-refractivity contribution in [2.45, 2.75) is 6.92 Å². The molecule has 2 nitrogen and oxygen atoms in total. The molecule has 0 saturated heterocycles. The van der Waals surface area contributed by atoms with Gasteiger partial charge < -0.3 is 5.73 Å². The van der Waals surface area contributed by atoms with Crippen molar-refractivity contribution in [2.75, 3.05) is 5.73 Å². The predicted molar refractivity (Wildman–Crippen MR) is 63.5 cm³/mol. The lowest BCUT2D eigenvalue weighted by atomic mass is 10.1. The van der Waals surface area contributed by atoms with Gasteiger partial charge in [0.2, 0.25) is 0 Å². The van der Waals surface area contributed by atoms with E-state index in [0.717, 1.165) is 17.4 Å². The van der Waals surface area contributed by atoms with E-state index >= 15 is 0 Å². The van der Waals surface area contributed by atoms with Crippen LogP contribution in [-0.4, -0.2) is 0 Å². The first kappa shape index (κ1) is 11.6. The van der Waals surface area contributed by atoms with Crippen LogP contribution in [0.25, 0.3) is 10.4 Å². The topological polar surface area (TPSA) is 49.8 Å². The maximum atomic E-state index is 13.1.